The van der Waals surface area contributed by atoms with Crippen LogP contribution in [-0.4, -0.2) is 53.0 Å². The van der Waals surface area contributed by atoms with Crippen molar-refractivity contribution in [3.8, 4) is 0 Å². The first-order valence-corrected chi connectivity index (χ1v) is 7.55. The maximum Gasteiger partial charge on any atom is 0.416 e. The number of hydrogen-bond acceptors (Lipinski definition) is 4. The van der Waals surface area contributed by atoms with Gasteiger partial charge in [-0.3, -0.25) is 9.59 Å². The summed E-state index contributed by atoms with van der Waals surface area (Å²) < 4.78 is 38.3. The highest BCUT2D eigenvalue weighted by atomic mass is 19.4. The summed E-state index contributed by atoms with van der Waals surface area (Å²) in [4.78, 5) is 30.6. The fourth-order valence-corrected chi connectivity index (χ4v) is 2.85. The Kier molecular flexibility index (Phi) is 3.89. The highest BCUT2D eigenvalue weighted by molar-refractivity contribution is 6.04. The molecule has 1 aliphatic heterocycles. The quantitative estimate of drug-likeness (QED) is 0.844. The molecule has 1 aliphatic carbocycles. The minimum Gasteiger partial charge on any atom is -0.480 e. The minimum absolute atomic E-state index is 0.205. The largest absolute Gasteiger partial charge is 0.480 e. The van der Waals surface area contributed by atoms with Crippen molar-refractivity contribution < 1.29 is 27.9 Å². The molecule has 0 bridgehead atoms. The van der Waals surface area contributed by atoms with E-state index in [-0.39, 0.29) is 18.9 Å². The maximum atomic E-state index is 12.8. The van der Waals surface area contributed by atoms with Gasteiger partial charge in [0.15, 0.2) is 0 Å². The van der Waals surface area contributed by atoms with E-state index < -0.39 is 29.0 Å². The number of carboxylic acids is 1. The van der Waals surface area contributed by atoms with Gasteiger partial charge in [0.1, 0.15) is 11.2 Å². The van der Waals surface area contributed by atoms with E-state index in [1.54, 1.807) is 4.90 Å². The fourth-order valence-electron chi connectivity index (χ4n) is 2.85. The normalized spacial score (nSPS) is 20.0. The van der Waals surface area contributed by atoms with Crippen molar-refractivity contribution in [2.24, 2.45) is 5.41 Å². The van der Waals surface area contributed by atoms with Crippen LogP contribution in [0.4, 0.5) is 19.0 Å². The number of anilines is 1. The van der Waals surface area contributed by atoms with Crippen molar-refractivity contribution in [3.05, 3.63) is 23.9 Å². The summed E-state index contributed by atoms with van der Waals surface area (Å²) in [6.07, 6.45) is -2.64. The number of rotatable bonds is 3. The van der Waals surface area contributed by atoms with Crippen molar-refractivity contribution in [2.45, 2.75) is 19.0 Å². The first kappa shape index (κ1) is 16.5. The fraction of sp³-hybridized carbons (Fsp3) is 0.533. The lowest BCUT2D eigenvalue weighted by Gasteiger charge is -2.36. The molecule has 0 aromatic carbocycles. The van der Waals surface area contributed by atoms with Gasteiger partial charge in [-0.1, -0.05) is 0 Å². The number of amides is 1. The minimum atomic E-state index is -4.44. The number of halogens is 3. The molecule has 130 valence electrons. The van der Waals surface area contributed by atoms with E-state index in [1.165, 1.54) is 4.90 Å². The second-order valence-corrected chi connectivity index (χ2v) is 6.07. The first-order valence-electron chi connectivity index (χ1n) is 7.55. The highest BCUT2D eigenvalue weighted by Gasteiger charge is 2.58. The van der Waals surface area contributed by atoms with Gasteiger partial charge >= 0.3 is 12.1 Å². The third kappa shape index (κ3) is 2.90. The van der Waals surface area contributed by atoms with Crippen LogP contribution in [0.1, 0.15) is 18.4 Å². The van der Waals surface area contributed by atoms with Gasteiger partial charge in [-0.05, 0) is 25.0 Å². The Morgan fingerprint density at radius 3 is 2.29 bits per heavy atom. The SMILES string of the molecule is O=C(O)C1(C(=O)N2CCN(c3cc(C(F)(F)F)ccn3)CC2)CC1. The van der Waals surface area contributed by atoms with Crippen molar-refractivity contribution in [1.29, 1.82) is 0 Å². The Bertz CT molecular complexity index is 665. The van der Waals surface area contributed by atoms with Crippen molar-refractivity contribution >= 4 is 17.7 Å². The molecule has 2 aliphatic rings. The lowest BCUT2D eigenvalue weighted by atomic mass is 10.1. The Morgan fingerprint density at radius 2 is 1.79 bits per heavy atom. The maximum absolute atomic E-state index is 12.8. The average Bonchev–Trinajstić information content (AvgIpc) is 3.36. The second-order valence-electron chi connectivity index (χ2n) is 6.07. The molecule has 1 saturated heterocycles. The summed E-state index contributed by atoms with van der Waals surface area (Å²) >= 11 is 0. The number of aromatic nitrogens is 1. The molecular weight excluding hydrogens is 327 g/mol. The number of carbonyl (C=O) groups is 2. The third-order valence-electron chi connectivity index (χ3n) is 4.53. The average molecular weight is 343 g/mol. The summed E-state index contributed by atoms with van der Waals surface area (Å²) in [7, 11) is 0. The number of hydrogen-bond donors (Lipinski definition) is 1. The Hall–Kier alpha value is -2.32. The molecule has 2 fully saturated rings. The predicted molar refractivity (Wildman–Crippen MR) is 77.3 cm³/mol. The Labute approximate surface area is 135 Å². The predicted octanol–water partition coefficient (Wildman–Crippen LogP) is 1.61. The number of aliphatic carboxylic acids is 1. The summed E-state index contributed by atoms with van der Waals surface area (Å²) in [5.41, 5.74) is -2.05. The molecule has 3 rings (SSSR count). The van der Waals surface area contributed by atoms with Crippen molar-refractivity contribution in [3.63, 3.8) is 0 Å². The van der Waals surface area contributed by atoms with Gasteiger partial charge in [-0.25, -0.2) is 4.98 Å². The second kappa shape index (κ2) is 5.64. The van der Waals surface area contributed by atoms with Crippen LogP contribution in [0.5, 0.6) is 0 Å². The number of carboxylic acid groups (broad SMARTS) is 1. The molecular formula is C15H16F3N3O3. The van der Waals surface area contributed by atoms with E-state index in [4.69, 9.17) is 5.11 Å². The number of pyridine rings is 1. The smallest absolute Gasteiger partial charge is 0.416 e. The Morgan fingerprint density at radius 1 is 1.17 bits per heavy atom. The third-order valence-corrected chi connectivity index (χ3v) is 4.53. The van der Waals surface area contributed by atoms with Crippen LogP contribution in [0, 0.1) is 5.41 Å². The van der Waals surface area contributed by atoms with E-state index in [1.807, 2.05) is 0 Å². The van der Waals surface area contributed by atoms with Gasteiger partial charge in [0, 0.05) is 32.4 Å². The van der Waals surface area contributed by atoms with E-state index in [0.29, 0.717) is 25.9 Å². The van der Waals surface area contributed by atoms with Crippen LogP contribution in [-0.2, 0) is 15.8 Å². The van der Waals surface area contributed by atoms with Gasteiger partial charge in [0.2, 0.25) is 5.91 Å². The molecule has 0 radical (unpaired) electrons. The van der Waals surface area contributed by atoms with Crippen LogP contribution in [0.15, 0.2) is 18.3 Å². The molecule has 2 heterocycles. The standard InChI is InChI=1S/C15H16F3N3O3/c16-15(17,18)10-1-4-19-11(9-10)20-5-7-21(8-6-20)12(22)14(2-3-14)13(23)24/h1,4,9H,2-3,5-8H2,(H,23,24). The van der Waals surface area contributed by atoms with Crippen LogP contribution in [0.2, 0.25) is 0 Å². The van der Waals surface area contributed by atoms with Gasteiger partial charge in [0.25, 0.3) is 0 Å². The zero-order valence-electron chi connectivity index (χ0n) is 12.7. The molecule has 0 spiro atoms. The lowest BCUT2D eigenvalue weighted by Crippen LogP contribution is -2.52. The van der Waals surface area contributed by atoms with Gasteiger partial charge in [-0.2, -0.15) is 13.2 Å². The molecule has 1 aromatic heterocycles. The van der Waals surface area contributed by atoms with Gasteiger partial charge in [-0.15, -0.1) is 0 Å². The monoisotopic (exact) mass is 343 g/mol. The number of nitrogens with zero attached hydrogens (tertiary/aromatic N) is 3. The summed E-state index contributed by atoms with van der Waals surface area (Å²) in [6.45, 7) is 1.17. The van der Waals surface area contributed by atoms with E-state index in [0.717, 1.165) is 18.3 Å². The number of alkyl halides is 3. The van der Waals surface area contributed by atoms with Crippen LogP contribution < -0.4 is 4.90 Å². The van der Waals surface area contributed by atoms with Gasteiger partial charge in [0.05, 0.1) is 5.56 Å². The molecule has 0 unspecified atom stereocenters. The van der Waals surface area contributed by atoms with Crippen LogP contribution in [0.25, 0.3) is 0 Å². The van der Waals surface area contributed by atoms with Crippen molar-refractivity contribution in [2.75, 3.05) is 31.1 Å². The number of carbonyl (C=O) groups excluding carboxylic acids is 1. The topological polar surface area (TPSA) is 73.7 Å². The highest BCUT2D eigenvalue weighted by Crippen LogP contribution is 2.47. The molecule has 9 heteroatoms. The Balaban J connectivity index is 1.66. The number of piperazine rings is 1. The van der Waals surface area contributed by atoms with E-state index >= 15 is 0 Å². The summed E-state index contributed by atoms with van der Waals surface area (Å²) in [5, 5.41) is 9.17. The summed E-state index contributed by atoms with van der Waals surface area (Å²) in [5.74, 6) is -1.29. The van der Waals surface area contributed by atoms with E-state index in [9.17, 15) is 22.8 Å². The summed E-state index contributed by atoms with van der Waals surface area (Å²) in [6, 6.07) is 1.89. The molecule has 1 N–H and O–H groups in total. The molecule has 24 heavy (non-hydrogen) atoms. The molecule has 0 atom stereocenters. The molecule has 1 aromatic rings. The van der Waals surface area contributed by atoms with Crippen LogP contribution >= 0.6 is 0 Å². The van der Waals surface area contributed by atoms with Crippen molar-refractivity contribution in [1.82, 2.24) is 9.88 Å². The first-order chi connectivity index (χ1) is 11.2. The molecule has 1 saturated carbocycles. The van der Waals surface area contributed by atoms with Crippen LogP contribution in [0.3, 0.4) is 0 Å². The lowest BCUT2D eigenvalue weighted by molar-refractivity contribution is -0.153. The van der Waals surface area contributed by atoms with E-state index in [2.05, 4.69) is 4.98 Å². The zero-order valence-corrected chi connectivity index (χ0v) is 12.7. The molecule has 6 nitrogen and oxygen atoms in total. The zero-order chi connectivity index (χ0) is 17.5. The van der Waals surface area contributed by atoms with Gasteiger partial charge < -0.3 is 14.9 Å². The molecule has 1 amide bonds.